The van der Waals surface area contributed by atoms with Gasteiger partial charge >= 0.3 is 0 Å². The van der Waals surface area contributed by atoms with Gasteiger partial charge in [0.2, 0.25) is 17.7 Å². The number of rotatable bonds is 4. The summed E-state index contributed by atoms with van der Waals surface area (Å²) in [5.74, 6) is 0.141. The average molecular weight is 413 g/mol. The van der Waals surface area contributed by atoms with Gasteiger partial charge in [0.15, 0.2) is 0 Å². The maximum Gasteiger partial charge on any atom is 0.234 e. The van der Waals surface area contributed by atoms with E-state index < -0.39 is 0 Å². The number of benzene rings is 1. The molecule has 7 nitrogen and oxygen atoms in total. The van der Waals surface area contributed by atoms with Gasteiger partial charge in [0.05, 0.1) is 16.4 Å². The average Bonchev–Trinajstić information content (AvgIpc) is 3.07. The number of para-hydroxylation sites is 2. The molecule has 0 radical (unpaired) electrons. The number of nitrogens with zero attached hydrogens (tertiary/aromatic N) is 3. The molecule has 2 aliphatic heterocycles. The highest BCUT2D eigenvalue weighted by Gasteiger charge is 2.32. The Morgan fingerprint density at radius 3 is 2.38 bits per heavy atom. The van der Waals surface area contributed by atoms with Gasteiger partial charge in [-0.2, -0.15) is 0 Å². The molecule has 1 N–H and O–H groups in total. The zero-order valence-electron chi connectivity index (χ0n) is 15.8. The molecular weight excluding hydrogens is 392 g/mol. The zero-order chi connectivity index (χ0) is 20.4. The third-order valence-corrected chi connectivity index (χ3v) is 5.58. The van der Waals surface area contributed by atoms with Crippen molar-refractivity contribution in [2.45, 2.75) is 25.7 Å². The van der Waals surface area contributed by atoms with Gasteiger partial charge in [0, 0.05) is 38.0 Å². The predicted molar refractivity (Wildman–Crippen MR) is 111 cm³/mol. The molecule has 8 heteroatoms. The molecule has 2 aliphatic rings. The molecule has 0 unspecified atom stereocenters. The van der Waals surface area contributed by atoms with Crippen LogP contribution in [0, 0.1) is 5.92 Å². The molecule has 3 heterocycles. The van der Waals surface area contributed by atoms with Crippen LogP contribution in [0.1, 0.15) is 25.7 Å². The molecule has 0 aliphatic carbocycles. The molecule has 0 spiro atoms. The van der Waals surface area contributed by atoms with Crippen molar-refractivity contribution in [1.82, 2.24) is 4.98 Å². The van der Waals surface area contributed by atoms with E-state index in [0.717, 1.165) is 18.9 Å². The highest BCUT2D eigenvalue weighted by Crippen LogP contribution is 2.31. The summed E-state index contributed by atoms with van der Waals surface area (Å²) in [4.78, 5) is 44.7. The lowest BCUT2D eigenvalue weighted by Gasteiger charge is -2.32. The van der Waals surface area contributed by atoms with Gasteiger partial charge < -0.3 is 10.2 Å². The van der Waals surface area contributed by atoms with E-state index in [0.29, 0.717) is 29.2 Å². The van der Waals surface area contributed by atoms with Gasteiger partial charge in [-0.25, -0.2) is 9.88 Å². The fourth-order valence-electron chi connectivity index (χ4n) is 3.78. The van der Waals surface area contributed by atoms with Crippen molar-refractivity contribution < 1.29 is 14.4 Å². The fraction of sp³-hybridized carbons (Fsp3) is 0.333. The van der Waals surface area contributed by atoms with Crippen molar-refractivity contribution >= 4 is 46.5 Å². The number of hydrogen-bond acceptors (Lipinski definition) is 5. The Bertz CT molecular complexity index is 923. The molecule has 3 amide bonds. The molecule has 150 valence electrons. The molecule has 4 rings (SSSR count). The third-order valence-electron chi connectivity index (χ3n) is 5.36. The minimum atomic E-state index is -0.236. The first-order chi connectivity index (χ1) is 14.0. The minimum absolute atomic E-state index is 0.0970. The van der Waals surface area contributed by atoms with Gasteiger partial charge in [-0.3, -0.25) is 14.4 Å². The van der Waals surface area contributed by atoms with Crippen molar-refractivity contribution in [3.63, 3.8) is 0 Å². The largest absolute Gasteiger partial charge is 0.357 e. The van der Waals surface area contributed by atoms with Crippen molar-refractivity contribution in [1.29, 1.82) is 0 Å². The molecule has 2 saturated heterocycles. The van der Waals surface area contributed by atoms with E-state index in [4.69, 9.17) is 11.6 Å². The second kappa shape index (κ2) is 8.21. The lowest BCUT2D eigenvalue weighted by molar-refractivity contribution is -0.122. The molecule has 1 aromatic heterocycles. The maximum absolute atomic E-state index is 12.8. The summed E-state index contributed by atoms with van der Waals surface area (Å²) >= 11 is 5.89. The lowest BCUT2D eigenvalue weighted by atomic mass is 9.95. The summed E-state index contributed by atoms with van der Waals surface area (Å²) in [7, 11) is 0. The van der Waals surface area contributed by atoms with Crippen molar-refractivity contribution in [3.05, 3.63) is 47.6 Å². The number of imide groups is 1. The highest BCUT2D eigenvalue weighted by molar-refractivity contribution is 6.30. The fourth-order valence-corrected chi connectivity index (χ4v) is 3.89. The number of nitrogens with one attached hydrogen (secondary N) is 1. The summed E-state index contributed by atoms with van der Waals surface area (Å²) in [5, 5.41) is 3.52. The van der Waals surface area contributed by atoms with Gasteiger partial charge in [0.1, 0.15) is 5.82 Å². The van der Waals surface area contributed by atoms with Crippen LogP contribution in [-0.4, -0.2) is 35.8 Å². The van der Waals surface area contributed by atoms with Gasteiger partial charge in [-0.1, -0.05) is 23.7 Å². The maximum atomic E-state index is 12.8. The zero-order valence-corrected chi connectivity index (χ0v) is 16.6. The molecule has 0 saturated carbocycles. The lowest BCUT2D eigenvalue weighted by Crippen LogP contribution is -2.38. The van der Waals surface area contributed by atoms with E-state index in [2.05, 4.69) is 15.2 Å². The molecule has 0 atom stereocenters. The highest BCUT2D eigenvalue weighted by atomic mass is 35.5. The SMILES string of the molecule is O=C(Nc1ccccc1N1C(=O)CCC1=O)C1CCN(c2ccc(Cl)cn2)CC1. The first-order valence-electron chi connectivity index (χ1n) is 9.65. The van der Waals surface area contributed by atoms with Crippen LogP contribution in [0.4, 0.5) is 17.2 Å². The van der Waals surface area contributed by atoms with Crippen molar-refractivity contribution in [3.8, 4) is 0 Å². The van der Waals surface area contributed by atoms with Crippen molar-refractivity contribution in [2.24, 2.45) is 5.92 Å². The number of hydrogen-bond donors (Lipinski definition) is 1. The second-order valence-corrected chi connectivity index (χ2v) is 7.66. The quantitative estimate of drug-likeness (QED) is 0.779. The molecule has 2 aromatic rings. The standard InChI is InChI=1S/C21H21ClN4O3/c22-15-5-6-18(23-13-15)25-11-9-14(10-12-25)21(29)24-16-3-1-2-4-17(16)26-19(27)7-8-20(26)28/h1-6,13-14H,7-12H2,(H,24,29). The Kier molecular flexibility index (Phi) is 5.49. The van der Waals surface area contributed by atoms with E-state index in [1.807, 2.05) is 6.07 Å². The van der Waals surface area contributed by atoms with Crippen LogP contribution in [0.2, 0.25) is 5.02 Å². The number of carbonyl (C=O) groups excluding carboxylic acids is 3. The van der Waals surface area contributed by atoms with E-state index in [1.54, 1.807) is 36.5 Å². The number of halogens is 1. The van der Waals surface area contributed by atoms with Crippen LogP contribution >= 0.6 is 11.6 Å². The topological polar surface area (TPSA) is 82.6 Å². The first kappa shape index (κ1) is 19.4. The molecule has 29 heavy (non-hydrogen) atoms. The number of amides is 3. The monoisotopic (exact) mass is 412 g/mol. The summed E-state index contributed by atoms with van der Waals surface area (Å²) in [6.45, 7) is 1.44. The first-order valence-corrected chi connectivity index (χ1v) is 10.0. The molecular formula is C21H21ClN4O3. The molecule has 1 aromatic carbocycles. The third kappa shape index (κ3) is 4.10. The van der Waals surface area contributed by atoms with E-state index in [-0.39, 0.29) is 36.5 Å². The summed E-state index contributed by atoms with van der Waals surface area (Å²) < 4.78 is 0. The van der Waals surface area contributed by atoms with Crippen LogP contribution in [-0.2, 0) is 14.4 Å². The van der Waals surface area contributed by atoms with Crippen LogP contribution in [0.15, 0.2) is 42.6 Å². The van der Waals surface area contributed by atoms with Crippen molar-refractivity contribution in [2.75, 3.05) is 28.2 Å². The Labute approximate surface area is 173 Å². The summed E-state index contributed by atoms with van der Waals surface area (Å²) in [5.41, 5.74) is 0.930. The van der Waals surface area contributed by atoms with Crippen LogP contribution in [0.3, 0.4) is 0 Å². The molecule has 2 fully saturated rings. The van der Waals surface area contributed by atoms with Gasteiger partial charge in [-0.15, -0.1) is 0 Å². The number of piperidine rings is 1. The normalized spacial score (nSPS) is 17.7. The number of anilines is 3. The number of pyridine rings is 1. The number of aromatic nitrogens is 1. The Morgan fingerprint density at radius 1 is 1.03 bits per heavy atom. The Morgan fingerprint density at radius 2 is 1.72 bits per heavy atom. The van der Waals surface area contributed by atoms with Crippen LogP contribution < -0.4 is 15.1 Å². The smallest absolute Gasteiger partial charge is 0.234 e. The van der Waals surface area contributed by atoms with E-state index >= 15 is 0 Å². The van der Waals surface area contributed by atoms with E-state index in [1.165, 1.54) is 4.90 Å². The Balaban J connectivity index is 1.41. The van der Waals surface area contributed by atoms with Crippen LogP contribution in [0.25, 0.3) is 0 Å². The number of carbonyl (C=O) groups is 3. The minimum Gasteiger partial charge on any atom is -0.357 e. The Hall–Kier alpha value is -2.93. The summed E-state index contributed by atoms with van der Waals surface area (Å²) in [6, 6.07) is 10.6. The van der Waals surface area contributed by atoms with E-state index in [9.17, 15) is 14.4 Å². The molecule has 0 bridgehead atoms. The second-order valence-electron chi connectivity index (χ2n) is 7.23. The van der Waals surface area contributed by atoms with Crippen LogP contribution in [0.5, 0.6) is 0 Å². The summed E-state index contributed by atoms with van der Waals surface area (Å²) in [6.07, 6.45) is 3.42. The van der Waals surface area contributed by atoms with Gasteiger partial charge in [-0.05, 0) is 37.1 Å². The van der Waals surface area contributed by atoms with Gasteiger partial charge in [0.25, 0.3) is 0 Å². The predicted octanol–water partition coefficient (Wildman–Crippen LogP) is 3.24.